The van der Waals surface area contributed by atoms with Gasteiger partial charge in [-0.1, -0.05) is 0 Å². The van der Waals surface area contributed by atoms with Gasteiger partial charge in [0.15, 0.2) is 6.10 Å². The largest absolute Gasteiger partial charge is 0.479 e. The number of hydrogen-bond donors (Lipinski definition) is 2. The van der Waals surface area contributed by atoms with Gasteiger partial charge in [-0.15, -0.1) is 0 Å². The highest BCUT2D eigenvalue weighted by molar-refractivity contribution is 5.82. The van der Waals surface area contributed by atoms with Crippen LogP contribution in [-0.4, -0.2) is 59.8 Å². The van der Waals surface area contributed by atoms with E-state index in [1.165, 1.54) is 0 Å². The number of morpholine rings is 1. The molecule has 1 heterocycles. The van der Waals surface area contributed by atoms with Gasteiger partial charge in [-0.2, -0.15) is 0 Å². The third-order valence-corrected chi connectivity index (χ3v) is 3.22. The Morgan fingerprint density at radius 1 is 1.47 bits per heavy atom. The van der Waals surface area contributed by atoms with Crippen molar-refractivity contribution in [1.29, 1.82) is 0 Å². The van der Waals surface area contributed by atoms with E-state index in [9.17, 15) is 9.59 Å². The number of hydrogen-bond acceptors (Lipinski definition) is 4. The Bertz CT molecular complexity index is 317. The maximum absolute atomic E-state index is 11.8. The van der Waals surface area contributed by atoms with Crippen LogP contribution in [0.25, 0.3) is 0 Å². The van der Waals surface area contributed by atoms with Crippen molar-refractivity contribution in [2.24, 2.45) is 0 Å². The van der Waals surface area contributed by atoms with Gasteiger partial charge in [0, 0.05) is 19.1 Å². The third-order valence-electron chi connectivity index (χ3n) is 3.22. The van der Waals surface area contributed by atoms with Crippen molar-refractivity contribution in [1.82, 2.24) is 10.2 Å². The Kier molecular flexibility index (Phi) is 3.63. The van der Waals surface area contributed by atoms with E-state index in [1.807, 2.05) is 11.8 Å². The van der Waals surface area contributed by atoms with Crippen molar-refractivity contribution in [3.8, 4) is 0 Å². The summed E-state index contributed by atoms with van der Waals surface area (Å²) in [6.07, 6.45) is 1.29. The molecular weight excluding hydrogens is 224 g/mol. The number of nitrogens with one attached hydrogen (secondary N) is 1. The summed E-state index contributed by atoms with van der Waals surface area (Å²) >= 11 is 0. The number of nitrogens with zero attached hydrogens (tertiary/aromatic N) is 1. The second kappa shape index (κ2) is 5.01. The van der Waals surface area contributed by atoms with Gasteiger partial charge in [-0.05, 0) is 19.8 Å². The lowest BCUT2D eigenvalue weighted by Crippen LogP contribution is -2.54. The lowest BCUT2D eigenvalue weighted by Gasteiger charge is -2.34. The molecule has 0 spiro atoms. The van der Waals surface area contributed by atoms with Crippen LogP contribution in [0.2, 0.25) is 0 Å². The summed E-state index contributed by atoms with van der Waals surface area (Å²) in [5.41, 5.74) is 0. The SMILES string of the molecule is CC(C(=O)NC1CC1)N1CCOC(C(=O)O)C1. The van der Waals surface area contributed by atoms with Gasteiger partial charge in [0.05, 0.1) is 12.6 Å². The fourth-order valence-corrected chi connectivity index (χ4v) is 1.89. The van der Waals surface area contributed by atoms with Crippen LogP contribution in [0.1, 0.15) is 19.8 Å². The normalized spacial score (nSPS) is 27.5. The minimum atomic E-state index is -0.968. The Balaban J connectivity index is 1.86. The highest BCUT2D eigenvalue weighted by Crippen LogP contribution is 2.19. The van der Waals surface area contributed by atoms with Gasteiger partial charge in [0.2, 0.25) is 5.91 Å². The molecule has 0 aromatic rings. The van der Waals surface area contributed by atoms with E-state index in [2.05, 4.69) is 5.32 Å². The average Bonchev–Trinajstić information content (AvgIpc) is 3.12. The molecule has 2 rings (SSSR count). The summed E-state index contributed by atoms with van der Waals surface area (Å²) in [6, 6.07) is 0.0441. The molecule has 1 saturated carbocycles. The van der Waals surface area contributed by atoms with E-state index in [0.717, 1.165) is 12.8 Å². The molecule has 17 heavy (non-hydrogen) atoms. The van der Waals surface area contributed by atoms with Gasteiger partial charge >= 0.3 is 5.97 Å². The first kappa shape index (κ1) is 12.3. The molecule has 1 aliphatic carbocycles. The second-order valence-corrected chi connectivity index (χ2v) is 4.65. The van der Waals surface area contributed by atoms with Crippen LogP contribution in [0.5, 0.6) is 0 Å². The number of carboxylic acid groups (broad SMARTS) is 1. The number of rotatable bonds is 4. The molecule has 1 aliphatic heterocycles. The van der Waals surface area contributed by atoms with E-state index in [1.54, 1.807) is 0 Å². The van der Waals surface area contributed by atoms with Crippen molar-refractivity contribution >= 4 is 11.9 Å². The molecule has 2 atom stereocenters. The predicted molar refractivity (Wildman–Crippen MR) is 59.6 cm³/mol. The number of aliphatic carboxylic acids is 1. The van der Waals surface area contributed by atoms with Crippen LogP contribution in [0.3, 0.4) is 0 Å². The van der Waals surface area contributed by atoms with Gasteiger partial charge in [-0.25, -0.2) is 4.79 Å². The van der Waals surface area contributed by atoms with Crippen molar-refractivity contribution in [3.63, 3.8) is 0 Å². The first-order valence-corrected chi connectivity index (χ1v) is 5.97. The minimum absolute atomic E-state index is 0.0152. The fourth-order valence-electron chi connectivity index (χ4n) is 1.89. The minimum Gasteiger partial charge on any atom is -0.479 e. The number of carboxylic acids is 1. The molecule has 0 aromatic carbocycles. The van der Waals surface area contributed by atoms with E-state index in [-0.39, 0.29) is 18.5 Å². The molecule has 96 valence electrons. The molecule has 6 nitrogen and oxygen atoms in total. The molecule has 1 amide bonds. The van der Waals surface area contributed by atoms with E-state index in [0.29, 0.717) is 19.2 Å². The van der Waals surface area contributed by atoms with Crippen LogP contribution in [0, 0.1) is 0 Å². The van der Waals surface area contributed by atoms with Crippen molar-refractivity contribution in [2.45, 2.75) is 38.0 Å². The first-order valence-electron chi connectivity index (χ1n) is 5.97. The van der Waals surface area contributed by atoms with Gasteiger partial charge in [-0.3, -0.25) is 9.69 Å². The zero-order chi connectivity index (χ0) is 12.4. The predicted octanol–water partition coefficient (Wildman–Crippen LogP) is -0.561. The molecule has 2 fully saturated rings. The summed E-state index contributed by atoms with van der Waals surface area (Å²) in [5, 5.41) is 11.8. The standard InChI is InChI=1S/C11H18N2O4/c1-7(10(14)12-8-2-3-8)13-4-5-17-9(6-13)11(15)16/h7-9H,2-6H2,1H3,(H,12,14)(H,15,16). The van der Waals surface area contributed by atoms with Gasteiger partial charge in [0.25, 0.3) is 0 Å². The molecule has 0 radical (unpaired) electrons. The molecule has 0 bridgehead atoms. The van der Waals surface area contributed by atoms with Crippen LogP contribution in [0.15, 0.2) is 0 Å². The van der Waals surface area contributed by atoms with E-state index >= 15 is 0 Å². The molecule has 6 heteroatoms. The number of carbonyl (C=O) groups excluding carboxylic acids is 1. The zero-order valence-electron chi connectivity index (χ0n) is 9.89. The lowest BCUT2D eigenvalue weighted by molar-refractivity contribution is -0.158. The Labute approximate surface area is 99.9 Å². The van der Waals surface area contributed by atoms with Crippen molar-refractivity contribution in [2.75, 3.05) is 19.7 Å². The first-order chi connectivity index (χ1) is 8.08. The molecule has 2 aliphatic rings. The van der Waals surface area contributed by atoms with Crippen molar-refractivity contribution in [3.05, 3.63) is 0 Å². The Morgan fingerprint density at radius 3 is 2.76 bits per heavy atom. The smallest absolute Gasteiger partial charge is 0.334 e. The van der Waals surface area contributed by atoms with Crippen LogP contribution in [0.4, 0.5) is 0 Å². The Hall–Kier alpha value is -1.14. The molecule has 0 aromatic heterocycles. The maximum atomic E-state index is 11.8. The fraction of sp³-hybridized carbons (Fsp3) is 0.818. The van der Waals surface area contributed by atoms with Crippen LogP contribution in [-0.2, 0) is 14.3 Å². The highest BCUT2D eigenvalue weighted by Gasteiger charge is 2.33. The summed E-state index contributed by atoms with van der Waals surface area (Å²) in [6.45, 7) is 3.04. The number of carbonyl (C=O) groups is 2. The quantitative estimate of drug-likeness (QED) is 0.691. The molecular formula is C11H18N2O4. The zero-order valence-corrected chi connectivity index (χ0v) is 9.89. The Morgan fingerprint density at radius 2 is 2.18 bits per heavy atom. The maximum Gasteiger partial charge on any atom is 0.334 e. The average molecular weight is 242 g/mol. The molecule has 2 N–H and O–H groups in total. The van der Waals surface area contributed by atoms with Gasteiger partial charge < -0.3 is 15.2 Å². The highest BCUT2D eigenvalue weighted by atomic mass is 16.5. The summed E-state index contributed by atoms with van der Waals surface area (Å²) in [4.78, 5) is 24.5. The monoisotopic (exact) mass is 242 g/mol. The van der Waals surface area contributed by atoms with Gasteiger partial charge in [0.1, 0.15) is 0 Å². The topological polar surface area (TPSA) is 78.9 Å². The molecule has 2 unspecified atom stereocenters. The van der Waals surface area contributed by atoms with E-state index < -0.39 is 12.1 Å². The molecule has 1 saturated heterocycles. The van der Waals surface area contributed by atoms with E-state index in [4.69, 9.17) is 9.84 Å². The summed E-state index contributed by atoms with van der Waals surface area (Å²) < 4.78 is 5.12. The third kappa shape index (κ3) is 3.17. The van der Waals surface area contributed by atoms with Crippen LogP contribution < -0.4 is 5.32 Å². The summed E-state index contributed by atoms with van der Waals surface area (Å²) in [5.74, 6) is -0.983. The van der Waals surface area contributed by atoms with Crippen molar-refractivity contribution < 1.29 is 19.4 Å². The number of amides is 1. The van der Waals surface area contributed by atoms with Crippen LogP contribution >= 0.6 is 0 Å². The lowest BCUT2D eigenvalue weighted by atomic mass is 10.2. The second-order valence-electron chi connectivity index (χ2n) is 4.65. The number of ether oxygens (including phenoxy) is 1. The summed E-state index contributed by atoms with van der Waals surface area (Å²) in [7, 11) is 0.